The number of likely N-dealkylation sites (N-methyl/N-ethyl adjacent to an activating group) is 1. The summed E-state index contributed by atoms with van der Waals surface area (Å²) in [5, 5.41) is 2.78. The molecule has 1 aliphatic rings. The quantitative estimate of drug-likeness (QED) is 0.614. The summed E-state index contributed by atoms with van der Waals surface area (Å²) in [6, 6.07) is 0. The van der Waals surface area contributed by atoms with E-state index >= 15 is 0 Å². The second-order valence-corrected chi connectivity index (χ2v) is 5.42. The van der Waals surface area contributed by atoms with Gasteiger partial charge in [0.2, 0.25) is 11.8 Å². The van der Waals surface area contributed by atoms with Gasteiger partial charge in [0.05, 0.1) is 6.54 Å². The molecule has 0 heterocycles. The number of nitrogens with zero attached hydrogens (tertiary/aromatic N) is 1. The molecule has 0 radical (unpaired) electrons. The summed E-state index contributed by atoms with van der Waals surface area (Å²) in [5.41, 5.74) is 5.70. The zero-order valence-electron chi connectivity index (χ0n) is 12.6. The smallest absolute Gasteiger partial charge is 0.239 e. The van der Waals surface area contributed by atoms with Crippen molar-refractivity contribution in [2.24, 2.45) is 17.6 Å². The largest absolute Gasteiger partial charge is 0.385 e. The molecule has 6 heteroatoms. The molecule has 3 N–H and O–H groups in total. The maximum absolute atomic E-state index is 12.3. The van der Waals surface area contributed by atoms with E-state index in [1.54, 1.807) is 14.2 Å². The summed E-state index contributed by atoms with van der Waals surface area (Å²) < 4.78 is 4.91. The van der Waals surface area contributed by atoms with Gasteiger partial charge in [-0.05, 0) is 31.7 Å². The average Bonchev–Trinajstić information content (AvgIpc) is 2.91. The normalized spacial score (nSPS) is 21.8. The first-order valence-electron chi connectivity index (χ1n) is 7.30. The Kier molecular flexibility index (Phi) is 7.54. The highest BCUT2D eigenvalue weighted by atomic mass is 16.5. The number of nitrogens with two attached hydrogens (primary N) is 1. The molecule has 1 aliphatic carbocycles. The monoisotopic (exact) mass is 285 g/mol. The van der Waals surface area contributed by atoms with Crippen molar-refractivity contribution in [3.8, 4) is 0 Å². The third-order valence-corrected chi connectivity index (χ3v) is 3.88. The third-order valence-electron chi connectivity index (χ3n) is 3.88. The SMILES string of the molecule is COCCCNC(=O)CN(C)C(=O)C1CCCC1CN. The molecule has 20 heavy (non-hydrogen) atoms. The minimum absolute atomic E-state index is 0.00806. The number of ether oxygens (including phenoxy) is 1. The number of methoxy groups -OCH3 is 1. The zero-order valence-corrected chi connectivity index (χ0v) is 12.6. The number of hydrogen-bond acceptors (Lipinski definition) is 4. The molecule has 0 aliphatic heterocycles. The van der Waals surface area contributed by atoms with Crippen molar-refractivity contribution in [1.29, 1.82) is 0 Å². The van der Waals surface area contributed by atoms with Crippen LogP contribution in [0, 0.1) is 11.8 Å². The number of nitrogens with one attached hydrogen (secondary N) is 1. The van der Waals surface area contributed by atoms with Crippen molar-refractivity contribution in [2.45, 2.75) is 25.7 Å². The number of amides is 2. The molecule has 6 nitrogen and oxygen atoms in total. The fourth-order valence-electron chi connectivity index (χ4n) is 2.72. The highest BCUT2D eigenvalue weighted by molar-refractivity contribution is 5.86. The average molecular weight is 285 g/mol. The fourth-order valence-corrected chi connectivity index (χ4v) is 2.72. The van der Waals surface area contributed by atoms with E-state index < -0.39 is 0 Å². The van der Waals surface area contributed by atoms with E-state index in [-0.39, 0.29) is 30.2 Å². The molecular weight excluding hydrogens is 258 g/mol. The van der Waals surface area contributed by atoms with Crippen LogP contribution in [0.5, 0.6) is 0 Å². The first kappa shape index (κ1) is 16.9. The summed E-state index contributed by atoms with van der Waals surface area (Å²) >= 11 is 0. The number of rotatable bonds is 8. The van der Waals surface area contributed by atoms with Gasteiger partial charge in [0, 0.05) is 33.2 Å². The minimum Gasteiger partial charge on any atom is -0.385 e. The molecule has 2 amide bonds. The summed E-state index contributed by atoms with van der Waals surface area (Å²) in [6.07, 6.45) is 3.73. The molecule has 1 fully saturated rings. The van der Waals surface area contributed by atoms with E-state index in [1.165, 1.54) is 4.90 Å². The lowest BCUT2D eigenvalue weighted by Crippen LogP contribution is -2.42. The molecule has 0 saturated heterocycles. The Bertz CT molecular complexity index is 323. The Balaban J connectivity index is 2.32. The molecule has 0 aromatic carbocycles. The highest BCUT2D eigenvalue weighted by Gasteiger charge is 2.33. The first-order valence-corrected chi connectivity index (χ1v) is 7.30. The summed E-state index contributed by atoms with van der Waals surface area (Å²) in [7, 11) is 3.31. The van der Waals surface area contributed by atoms with Crippen LogP contribution in [0.1, 0.15) is 25.7 Å². The van der Waals surface area contributed by atoms with Gasteiger partial charge in [0.15, 0.2) is 0 Å². The van der Waals surface area contributed by atoms with Gasteiger partial charge < -0.3 is 20.7 Å². The van der Waals surface area contributed by atoms with Crippen LogP contribution in [-0.4, -0.2) is 57.1 Å². The van der Waals surface area contributed by atoms with Crippen molar-refractivity contribution >= 4 is 11.8 Å². The predicted molar refractivity (Wildman–Crippen MR) is 77.0 cm³/mol. The molecule has 2 unspecified atom stereocenters. The van der Waals surface area contributed by atoms with Gasteiger partial charge in [-0.1, -0.05) is 6.42 Å². The molecule has 1 rings (SSSR count). The van der Waals surface area contributed by atoms with Gasteiger partial charge >= 0.3 is 0 Å². The third kappa shape index (κ3) is 5.09. The number of hydrogen-bond donors (Lipinski definition) is 2. The van der Waals surface area contributed by atoms with Crippen molar-refractivity contribution in [2.75, 3.05) is 40.4 Å². The standard InChI is InChI=1S/C14H27N3O3/c1-17(10-13(18)16-7-4-8-20-2)14(19)12-6-3-5-11(12)9-15/h11-12H,3-10,15H2,1-2H3,(H,16,18). The van der Waals surface area contributed by atoms with Crippen LogP contribution >= 0.6 is 0 Å². The highest BCUT2D eigenvalue weighted by Crippen LogP contribution is 2.32. The van der Waals surface area contributed by atoms with Crippen LogP contribution in [0.25, 0.3) is 0 Å². The summed E-state index contributed by atoms with van der Waals surface area (Å²) in [5.74, 6) is 0.185. The number of carbonyl (C=O) groups is 2. The van der Waals surface area contributed by atoms with Gasteiger partial charge in [0.1, 0.15) is 0 Å². The maximum atomic E-state index is 12.3. The van der Waals surface area contributed by atoms with Gasteiger partial charge in [0.25, 0.3) is 0 Å². The Hall–Kier alpha value is -1.14. The van der Waals surface area contributed by atoms with Crippen molar-refractivity contribution in [3.63, 3.8) is 0 Å². The second-order valence-electron chi connectivity index (χ2n) is 5.42. The summed E-state index contributed by atoms with van der Waals surface area (Å²) in [6.45, 7) is 1.85. The predicted octanol–water partition coefficient (Wildman–Crippen LogP) is -0.0275. The van der Waals surface area contributed by atoms with E-state index in [2.05, 4.69) is 5.32 Å². The molecule has 2 atom stereocenters. The topological polar surface area (TPSA) is 84.7 Å². The Morgan fingerprint density at radius 3 is 2.80 bits per heavy atom. The Morgan fingerprint density at radius 2 is 2.15 bits per heavy atom. The molecule has 0 bridgehead atoms. The first-order chi connectivity index (χ1) is 9.60. The van der Waals surface area contributed by atoms with E-state index in [4.69, 9.17) is 10.5 Å². The molecule has 0 spiro atoms. The van der Waals surface area contributed by atoms with Crippen LogP contribution in [0.2, 0.25) is 0 Å². The second kappa shape index (κ2) is 8.92. The van der Waals surface area contributed by atoms with Gasteiger partial charge in [-0.3, -0.25) is 9.59 Å². The van der Waals surface area contributed by atoms with E-state index in [9.17, 15) is 9.59 Å². The van der Waals surface area contributed by atoms with E-state index in [0.29, 0.717) is 19.7 Å². The molecular formula is C14H27N3O3. The van der Waals surface area contributed by atoms with Crippen molar-refractivity contribution in [1.82, 2.24) is 10.2 Å². The molecule has 116 valence electrons. The zero-order chi connectivity index (χ0) is 15.0. The minimum atomic E-state index is -0.126. The summed E-state index contributed by atoms with van der Waals surface area (Å²) in [4.78, 5) is 25.5. The maximum Gasteiger partial charge on any atom is 0.239 e. The van der Waals surface area contributed by atoms with Crippen molar-refractivity contribution in [3.05, 3.63) is 0 Å². The van der Waals surface area contributed by atoms with Gasteiger partial charge in [-0.15, -0.1) is 0 Å². The fraction of sp³-hybridized carbons (Fsp3) is 0.857. The van der Waals surface area contributed by atoms with E-state index in [1.807, 2.05) is 0 Å². The lowest BCUT2D eigenvalue weighted by Gasteiger charge is -2.24. The van der Waals surface area contributed by atoms with Crippen LogP contribution < -0.4 is 11.1 Å². The van der Waals surface area contributed by atoms with Gasteiger partial charge in [-0.25, -0.2) is 0 Å². The van der Waals surface area contributed by atoms with Gasteiger partial charge in [-0.2, -0.15) is 0 Å². The van der Waals surface area contributed by atoms with Crippen molar-refractivity contribution < 1.29 is 14.3 Å². The Labute approximate surface area is 121 Å². The molecule has 0 aromatic heterocycles. The lowest BCUT2D eigenvalue weighted by molar-refractivity contribution is -0.138. The molecule has 1 saturated carbocycles. The van der Waals surface area contributed by atoms with E-state index in [0.717, 1.165) is 25.7 Å². The van der Waals surface area contributed by atoms with Crippen LogP contribution in [0.3, 0.4) is 0 Å². The van der Waals surface area contributed by atoms with Crippen LogP contribution in [0.4, 0.5) is 0 Å². The van der Waals surface area contributed by atoms with Crippen LogP contribution in [0.15, 0.2) is 0 Å². The number of carbonyl (C=O) groups excluding carboxylic acids is 2. The molecule has 0 aromatic rings. The Morgan fingerprint density at radius 1 is 1.40 bits per heavy atom. The lowest BCUT2D eigenvalue weighted by atomic mass is 9.95. The van der Waals surface area contributed by atoms with Crippen LogP contribution in [-0.2, 0) is 14.3 Å².